The lowest BCUT2D eigenvalue weighted by molar-refractivity contribution is 0.624. The van der Waals surface area contributed by atoms with E-state index in [1.54, 1.807) is 4.68 Å². The van der Waals surface area contributed by atoms with Crippen molar-refractivity contribution in [3.05, 3.63) is 28.4 Å². The average Bonchev–Trinajstić information content (AvgIpc) is 2.83. The number of azide groups is 1. The standard InChI is InChI=1S/C7H9N5/c8-11-9-5-12-4-3-7(10-12)6-1-2-6/h3-4,6H,1-2,5H2. The van der Waals surface area contributed by atoms with Gasteiger partial charge >= 0.3 is 0 Å². The number of aromatic nitrogens is 2. The molecule has 1 heterocycles. The zero-order valence-electron chi connectivity index (χ0n) is 6.59. The van der Waals surface area contributed by atoms with E-state index in [0.717, 1.165) is 5.69 Å². The number of rotatable bonds is 3. The summed E-state index contributed by atoms with van der Waals surface area (Å²) in [4.78, 5) is 2.66. The van der Waals surface area contributed by atoms with E-state index < -0.39 is 0 Å². The molecule has 0 N–H and O–H groups in total. The van der Waals surface area contributed by atoms with Crippen molar-refractivity contribution in [2.45, 2.75) is 25.4 Å². The van der Waals surface area contributed by atoms with Crippen LogP contribution in [0.1, 0.15) is 24.5 Å². The summed E-state index contributed by atoms with van der Waals surface area (Å²) in [6.07, 6.45) is 4.35. The number of hydrogen-bond acceptors (Lipinski definition) is 2. The molecule has 1 aromatic heterocycles. The fraction of sp³-hybridized carbons (Fsp3) is 0.571. The Balaban J connectivity index is 2.07. The maximum atomic E-state index is 8.07. The van der Waals surface area contributed by atoms with Crippen molar-refractivity contribution in [3.63, 3.8) is 0 Å². The van der Waals surface area contributed by atoms with Crippen LogP contribution in [0.15, 0.2) is 17.4 Å². The van der Waals surface area contributed by atoms with Crippen LogP contribution in [0.3, 0.4) is 0 Å². The molecule has 0 bridgehead atoms. The second-order valence-corrected chi connectivity index (χ2v) is 2.93. The van der Waals surface area contributed by atoms with E-state index in [-0.39, 0.29) is 0 Å². The zero-order valence-corrected chi connectivity index (χ0v) is 6.59. The van der Waals surface area contributed by atoms with Crippen LogP contribution < -0.4 is 0 Å². The third kappa shape index (κ3) is 1.40. The lowest BCUT2D eigenvalue weighted by atomic mass is 10.3. The van der Waals surface area contributed by atoms with E-state index in [0.29, 0.717) is 12.6 Å². The van der Waals surface area contributed by atoms with Gasteiger partial charge in [-0.15, -0.1) is 0 Å². The van der Waals surface area contributed by atoms with Crippen molar-refractivity contribution in [1.29, 1.82) is 0 Å². The van der Waals surface area contributed by atoms with Gasteiger partial charge in [0.1, 0.15) is 6.67 Å². The van der Waals surface area contributed by atoms with Gasteiger partial charge in [0.25, 0.3) is 0 Å². The van der Waals surface area contributed by atoms with E-state index in [4.69, 9.17) is 5.53 Å². The first-order valence-electron chi connectivity index (χ1n) is 3.94. The molecule has 12 heavy (non-hydrogen) atoms. The monoisotopic (exact) mass is 163 g/mol. The number of hydrogen-bond donors (Lipinski definition) is 0. The predicted octanol–water partition coefficient (Wildman–Crippen LogP) is 2.03. The second-order valence-electron chi connectivity index (χ2n) is 2.93. The molecule has 2 rings (SSSR count). The molecular formula is C7H9N5. The maximum absolute atomic E-state index is 8.07. The molecule has 0 amide bonds. The molecule has 1 aliphatic rings. The van der Waals surface area contributed by atoms with E-state index in [9.17, 15) is 0 Å². The Hall–Kier alpha value is -1.48. The summed E-state index contributed by atoms with van der Waals surface area (Å²) in [5.41, 5.74) is 9.20. The van der Waals surface area contributed by atoms with Gasteiger partial charge in [-0.3, -0.25) is 4.68 Å². The molecule has 1 fully saturated rings. The lowest BCUT2D eigenvalue weighted by Gasteiger charge is -1.91. The van der Waals surface area contributed by atoms with Crippen molar-refractivity contribution < 1.29 is 0 Å². The Bertz CT molecular complexity index is 318. The van der Waals surface area contributed by atoms with Crippen LogP contribution in [0.5, 0.6) is 0 Å². The van der Waals surface area contributed by atoms with Crippen LogP contribution in [-0.4, -0.2) is 9.78 Å². The molecule has 0 radical (unpaired) electrons. The summed E-state index contributed by atoms with van der Waals surface area (Å²) in [5.74, 6) is 0.664. The highest BCUT2D eigenvalue weighted by molar-refractivity contribution is 5.12. The van der Waals surface area contributed by atoms with Crippen molar-refractivity contribution in [1.82, 2.24) is 9.78 Å². The van der Waals surface area contributed by atoms with Gasteiger partial charge in [0, 0.05) is 17.0 Å². The fourth-order valence-electron chi connectivity index (χ4n) is 1.15. The molecule has 0 saturated heterocycles. The highest BCUT2D eigenvalue weighted by Crippen LogP contribution is 2.38. The summed E-state index contributed by atoms with van der Waals surface area (Å²) in [6, 6.07) is 1.99. The Labute approximate surface area is 69.6 Å². The third-order valence-corrected chi connectivity index (χ3v) is 1.93. The fourth-order valence-corrected chi connectivity index (χ4v) is 1.15. The van der Waals surface area contributed by atoms with Crippen molar-refractivity contribution >= 4 is 0 Å². The highest BCUT2D eigenvalue weighted by atomic mass is 15.3. The molecule has 0 unspecified atom stereocenters. The van der Waals surface area contributed by atoms with Crippen LogP contribution in [0, 0.1) is 0 Å². The van der Waals surface area contributed by atoms with Gasteiger partial charge in [0.05, 0.1) is 5.69 Å². The van der Waals surface area contributed by atoms with E-state index in [1.165, 1.54) is 12.8 Å². The largest absolute Gasteiger partial charge is 0.267 e. The average molecular weight is 163 g/mol. The molecule has 1 aromatic rings. The third-order valence-electron chi connectivity index (χ3n) is 1.93. The topological polar surface area (TPSA) is 66.6 Å². The van der Waals surface area contributed by atoms with Crippen molar-refractivity contribution in [2.24, 2.45) is 5.11 Å². The second kappa shape index (κ2) is 2.87. The van der Waals surface area contributed by atoms with E-state index in [2.05, 4.69) is 15.1 Å². The summed E-state index contributed by atoms with van der Waals surface area (Å²) < 4.78 is 1.66. The van der Waals surface area contributed by atoms with Crippen molar-refractivity contribution in [2.75, 3.05) is 0 Å². The summed E-state index contributed by atoms with van der Waals surface area (Å²) in [6.45, 7) is 0.295. The molecular weight excluding hydrogens is 154 g/mol. The van der Waals surface area contributed by atoms with Gasteiger partial charge in [-0.2, -0.15) is 5.10 Å². The van der Waals surface area contributed by atoms with Crippen LogP contribution >= 0.6 is 0 Å². The Morgan fingerprint density at radius 3 is 3.25 bits per heavy atom. The van der Waals surface area contributed by atoms with Crippen LogP contribution in [0.4, 0.5) is 0 Å². The smallest absolute Gasteiger partial charge is 0.120 e. The molecule has 62 valence electrons. The van der Waals surface area contributed by atoms with Gasteiger partial charge in [0.15, 0.2) is 0 Å². The van der Waals surface area contributed by atoms with Crippen LogP contribution in [0.2, 0.25) is 0 Å². The van der Waals surface area contributed by atoms with Gasteiger partial charge in [-0.1, -0.05) is 5.11 Å². The van der Waals surface area contributed by atoms with Gasteiger partial charge in [-0.05, 0) is 24.4 Å². The quantitative estimate of drug-likeness (QED) is 0.382. The molecule has 0 atom stereocenters. The van der Waals surface area contributed by atoms with E-state index in [1.807, 2.05) is 12.3 Å². The zero-order chi connectivity index (χ0) is 8.39. The number of nitrogens with zero attached hydrogens (tertiary/aromatic N) is 5. The molecule has 0 spiro atoms. The molecule has 1 saturated carbocycles. The van der Waals surface area contributed by atoms with Gasteiger partial charge in [-0.25, -0.2) is 0 Å². The van der Waals surface area contributed by atoms with Crippen LogP contribution in [-0.2, 0) is 6.67 Å². The molecule has 5 nitrogen and oxygen atoms in total. The Morgan fingerprint density at radius 1 is 1.75 bits per heavy atom. The Morgan fingerprint density at radius 2 is 2.58 bits per heavy atom. The van der Waals surface area contributed by atoms with Crippen molar-refractivity contribution in [3.8, 4) is 0 Å². The minimum Gasteiger partial charge on any atom is -0.267 e. The molecule has 0 aliphatic heterocycles. The summed E-state index contributed by atoms with van der Waals surface area (Å²) >= 11 is 0. The van der Waals surface area contributed by atoms with E-state index >= 15 is 0 Å². The highest BCUT2D eigenvalue weighted by Gasteiger charge is 2.25. The lowest BCUT2D eigenvalue weighted by Crippen LogP contribution is -1.95. The van der Waals surface area contributed by atoms with Crippen LogP contribution in [0.25, 0.3) is 10.4 Å². The Kier molecular flexibility index (Phi) is 1.72. The minimum absolute atomic E-state index is 0.295. The summed E-state index contributed by atoms with van der Waals surface area (Å²) in [7, 11) is 0. The maximum Gasteiger partial charge on any atom is 0.120 e. The summed E-state index contributed by atoms with van der Waals surface area (Å²) in [5, 5.41) is 7.68. The minimum atomic E-state index is 0.295. The first-order valence-corrected chi connectivity index (χ1v) is 3.94. The molecule has 5 heteroatoms. The predicted molar refractivity (Wildman–Crippen MR) is 43.3 cm³/mol. The first-order chi connectivity index (χ1) is 5.90. The van der Waals surface area contributed by atoms with Gasteiger partial charge in [0.2, 0.25) is 0 Å². The SMILES string of the molecule is [N-]=[N+]=NCn1ccc(C2CC2)n1. The van der Waals surface area contributed by atoms with Gasteiger partial charge < -0.3 is 0 Å². The first kappa shape index (κ1) is 7.18. The molecule has 0 aromatic carbocycles. The normalized spacial score (nSPS) is 15.7. The molecule has 1 aliphatic carbocycles.